The van der Waals surface area contributed by atoms with Crippen molar-refractivity contribution < 1.29 is 9.90 Å². The van der Waals surface area contributed by atoms with Gasteiger partial charge in [-0.15, -0.1) is 11.8 Å². The zero-order valence-electron chi connectivity index (χ0n) is 6.95. The Morgan fingerprint density at radius 1 is 1.77 bits per heavy atom. The van der Waals surface area contributed by atoms with E-state index in [4.69, 9.17) is 16.7 Å². The van der Waals surface area contributed by atoms with Gasteiger partial charge in [-0.2, -0.15) is 0 Å². The minimum absolute atomic E-state index is 0.116. The zero-order valence-corrected chi connectivity index (χ0v) is 8.52. The number of nitrogens with zero attached hydrogens (tertiary/aromatic N) is 1. The fraction of sp³-hybridized carbons (Fsp3) is 0.250. The lowest BCUT2D eigenvalue weighted by Gasteiger charge is -2.01. The summed E-state index contributed by atoms with van der Waals surface area (Å²) in [7, 11) is 0. The van der Waals surface area contributed by atoms with Gasteiger partial charge in [0.05, 0.1) is 10.6 Å². The van der Waals surface area contributed by atoms with Crippen LogP contribution in [-0.4, -0.2) is 21.8 Å². The van der Waals surface area contributed by atoms with Gasteiger partial charge in [0.1, 0.15) is 5.03 Å². The molecular weight excluding hydrogens is 210 g/mol. The van der Waals surface area contributed by atoms with Crippen molar-refractivity contribution in [2.75, 3.05) is 5.75 Å². The van der Waals surface area contributed by atoms with Crippen molar-refractivity contribution >= 4 is 29.3 Å². The number of hydrogen-bond donors (Lipinski definition) is 1. The first-order chi connectivity index (χ1) is 6.15. The third kappa shape index (κ3) is 2.60. The molecule has 1 aromatic rings. The van der Waals surface area contributed by atoms with Gasteiger partial charge in [-0.05, 0) is 11.8 Å². The average molecular weight is 218 g/mol. The van der Waals surface area contributed by atoms with E-state index in [9.17, 15) is 4.79 Å². The summed E-state index contributed by atoms with van der Waals surface area (Å²) in [5, 5.41) is 9.69. The second-order valence-corrected chi connectivity index (χ2v) is 3.91. The maximum atomic E-state index is 10.5. The van der Waals surface area contributed by atoms with Crippen LogP contribution in [-0.2, 0) is 0 Å². The molecule has 13 heavy (non-hydrogen) atoms. The lowest BCUT2D eigenvalue weighted by Crippen LogP contribution is -1.97. The molecule has 1 rings (SSSR count). The van der Waals surface area contributed by atoms with Gasteiger partial charge in [0, 0.05) is 6.20 Å². The van der Waals surface area contributed by atoms with Gasteiger partial charge in [0.15, 0.2) is 0 Å². The Hall–Kier alpha value is -0.740. The van der Waals surface area contributed by atoms with Crippen molar-refractivity contribution in [3.05, 3.63) is 22.8 Å². The Kier molecular flexibility index (Phi) is 3.57. The second-order valence-electron chi connectivity index (χ2n) is 2.25. The third-order valence-corrected chi connectivity index (χ3v) is 2.62. The van der Waals surface area contributed by atoms with E-state index in [1.54, 1.807) is 0 Å². The number of thioether (sulfide) groups is 1. The summed E-state index contributed by atoms with van der Waals surface area (Å²) in [6.07, 6.45) is 1.31. The third-order valence-electron chi connectivity index (χ3n) is 1.34. The van der Waals surface area contributed by atoms with Crippen molar-refractivity contribution in [3.8, 4) is 0 Å². The van der Waals surface area contributed by atoms with E-state index in [0.29, 0.717) is 10.0 Å². The molecule has 0 aliphatic carbocycles. The molecule has 0 bridgehead atoms. The average Bonchev–Trinajstić information content (AvgIpc) is 2.08. The quantitative estimate of drug-likeness (QED) is 0.791. The number of pyridine rings is 1. The maximum Gasteiger partial charge on any atom is 0.337 e. The van der Waals surface area contributed by atoms with Gasteiger partial charge in [0.2, 0.25) is 0 Å². The van der Waals surface area contributed by atoms with Crippen LogP contribution in [0.25, 0.3) is 0 Å². The summed E-state index contributed by atoms with van der Waals surface area (Å²) >= 11 is 7.29. The second kappa shape index (κ2) is 4.48. The van der Waals surface area contributed by atoms with E-state index in [1.165, 1.54) is 24.0 Å². The highest BCUT2D eigenvalue weighted by molar-refractivity contribution is 7.99. The van der Waals surface area contributed by atoms with Crippen LogP contribution < -0.4 is 0 Å². The molecule has 0 atom stereocenters. The highest BCUT2D eigenvalue weighted by Gasteiger charge is 2.07. The fourth-order valence-electron chi connectivity index (χ4n) is 0.785. The number of halogens is 1. The first-order valence-corrected chi connectivity index (χ1v) is 5.03. The molecule has 0 saturated carbocycles. The standard InChI is InChI=1S/C8H8ClNO2S/c1-2-13-7-6(9)3-5(4-10-7)8(11)12/h3-4H,2H2,1H3,(H,11,12). The molecule has 0 aromatic carbocycles. The molecule has 1 aromatic heterocycles. The summed E-state index contributed by atoms with van der Waals surface area (Å²) < 4.78 is 0. The molecule has 5 heteroatoms. The van der Waals surface area contributed by atoms with Gasteiger partial charge in [0.25, 0.3) is 0 Å². The molecule has 0 unspecified atom stereocenters. The van der Waals surface area contributed by atoms with Gasteiger partial charge < -0.3 is 5.11 Å². The summed E-state index contributed by atoms with van der Waals surface area (Å²) in [4.78, 5) is 14.5. The van der Waals surface area contributed by atoms with Crippen LogP contribution in [0.15, 0.2) is 17.3 Å². The first-order valence-electron chi connectivity index (χ1n) is 3.66. The Balaban J connectivity index is 2.98. The van der Waals surface area contributed by atoms with Gasteiger partial charge in [-0.1, -0.05) is 18.5 Å². The minimum atomic E-state index is -1.01. The lowest BCUT2D eigenvalue weighted by molar-refractivity contribution is 0.0696. The van der Waals surface area contributed by atoms with Crippen LogP contribution in [0.1, 0.15) is 17.3 Å². The van der Waals surface area contributed by atoms with Gasteiger partial charge >= 0.3 is 5.97 Å². The molecule has 0 aliphatic rings. The molecule has 70 valence electrons. The van der Waals surface area contributed by atoms with E-state index in [0.717, 1.165) is 5.75 Å². The van der Waals surface area contributed by atoms with E-state index in [-0.39, 0.29) is 5.56 Å². The zero-order chi connectivity index (χ0) is 9.84. The van der Waals surface area contributed by atoms with Crippen molar-refractivity contribution in [3.63, 3.8) is 0 Å². The topological polar surface area (TPSA) is 50.2 Å². The Morgan fingerprint density at radius 3 is 2.92 bits per heavy atom. The number of carboxylic acids is 1. The van der Waals surface area contributed by atoms with E-state index in [1.807, 2.05) is 6.92 Å². The monoisotopic (exact) mass is 217 g/mol. The van der Waals surface area contributed by atoms with E-state index in [2.05, 4.69) is 4.98 Å². The highest BCUT2D eigenvalue weighted by atomic mass is 35.5. The van der Waals surface area contributed by atoms with Crippen LogP contribution in [0, 0.1) is 0 Å². The first kappa shape index (κ1) is 10.3. The molecular formula is C8H8ClNO2S. The normalized spacial score (nSPS) is 10.0. The lowest BCUT2D eigenvalue weighted by atomic mass is 10.3. The minimum Gasteiger partial charge on any atom is -0.478 e. The smallest absolute Gasteiger partial charge is 0.337 e. The molecule has 0 amide bonds. The SMILES string of the molecule is CCSc1ncc(C(=O)O)cc1Cl. The van der Waals surface area contributed by atoms with Gasteiger partial charge in [-0.25, -0.2) is 9.78 Å². The van der Waals surface area contributed by atoms with Gasteiger partial charge in [-0.3, -0.25) is 0 Å². The Morgan fingerprint density at radius 2 is 2.46 bits per heavy atom. The molecule has 3 nitrogen and oxygen atoms in total. The predicted octanol–water partition coefficient (Wildman–Crippen LogP) is 2.55. The molecule has 0 aliphatic heterocycles. The van der Waals surface area contributed by atoms with Crippen LogP contribution >= 0.6 is 23.4 Å². The molecule has 1 N–H and O–H groups in total. The summed E-state index contributed by atoms with van der Waals surface area (Å²) in [6, 6.07) is 1.41. The van der Waals surface area contributed by atoms with Crippen LogP contribution in [0.3, 0.4) is 0 Å². The molecule has 0 radical (unpaired) electrons. The van der Waals surface area contributed by atoms with Crippen LogP contribution in [0.4, 0.5) is 0 Å². The Bertz CT molecular complexity index is 330. The number of aromatic nitrogens is 1. The molecule has 0 saturated heterocycles. The van der Waals surface area contributed by atoms with Crippen LogP contribution in [0.5, 0.6) is 0 Å². The molecule has 1 heterocycles. The fourth-order valence-corrected chi connectivity index (χ4v) is 1.71. The number of rotatable bonds is 3. The van der Waals surface area contributed by atoms with E-state index < -0.39 is 5.97 Å². The molecule has 0 spiro atoms. The number of carbonyl (C=O) groups is 1. The summed E-state index contributed by atoms with van der Waals surface area (Å²) in [5.74, 6) is -0.151. The van der Waals surface area contributed by atoms with Crippen molar-refractivity contribution in [1.29, 1.82) is 0 Å². The van der Waals surface area contributed by atoms with Crippen molar-refractivity contribution in [2.24, 2.45) is 0 Å². The Labute approximate surface area is 85.1 Å². The highest BCUT2D eigenvalue weighted by Crippen LogP contribution is 2.24. The number of carboxylic acid groups (broad SMARTS) is 1. The summed E-state index contributed by atoms with van der Waals surface area (Å²) in [5.41, 5.74) is 0.116. The number of aromatic carboxylic acids is 1. The van der Waals surface area contributed by atoms with Crippen LogP contribution in [0.2, 0.25) is 5.02 Å². The maximum absolute atomic E-state index is 10.5. The van der Waals surface area contributed by atoms with Crippen molar-refractivity contribution in [1.82, 2.24) is 4.98 Å². The van der Waals surface area contributed by atoms with Crippen molar-refractivity contribution in [2.45, 2.75) is 11.9 Å². The molecule has 0 fully saturated rings. The summed E-state index contributed by atoms with van der Waals surface area (Å²) in [6.45, 7) is 1.98. The largest absolute Gasteiger partial charge is 0.478 e. The van der Waals surface area contributed by atoms with E-state index >= 15 is 0 Å². The number of hydrogen-bond acceptors (Lipinski definition) is 3. The predicted molar refractivity (Wildman–Crippen MR) is 52.6 cm³/mol.